The molecule has 0 saturated heterocycles. The molecule has 94 valence electrons. The predicted molar refractivity (Wildman–Crippen MR) is 70.7 cm³/mol. The molecule has 17 heavy (non-hydrogen) atoms. The molecule has 0 bridgehead atoms. The van der Waals surface area contributed by atoms with Crippen LogP contribution in [0.25, 0.3) is 0 Å². The smallest absolute Gasteiger partial charge is 0.213 e. The lowest BCUT2D eigenvalue weighted by Crippen LogP contribution is -2.15. The number of halogens is 1. The topological polar surface area (TPSA) is 22.1 Å². The Labute approximate surface area is 108 Å². The van der Waals surface area contributed by atoms with Gasteiger partial charge in [0.1, 0.15) is 0 Å². The Morgan fingerprint density at radius 1 is 1.35 bits per heavy atom. The lowest BCUT2D eigenvalue weighted by molar-refractivity contribution is 0.286. The Bertz CT molecular complexity index is 394. The number of rotatable bonds is 4. The normalized spacial score (nSPS) is 16.0. The summed E-state index contributed by atoms with van der Waals surface area (Å²) >= 11 is 5.91. The van der Waals surface area contributed by atoms with Crippen LogP contribution in [0.3, 0.4) is 0 Å². The summed E-state index contributed by atoms with van der Waals surface area (Å²) in [4.78, 5) is 4.57. The number of pyridine rings is 1. The molecule has 2 nitrogen and oxygen atoms in total. The van der Waals surface area contributed by atoms with Crippen molar-refractivity contribution in [2.75, 3.05) is 6.61 Å². The van der Waals surface area contributed by atoms with Crippen LogP contribution in [-0.2, 0) is 11.3 Å². The molecule has 1 aromatic rings. The fourth-order valence-electron chi connectivity index (χ4n) is 1.58. The van der Waals surface area contributed by atoms with Crippen LogP contribution in [0.2, 0.25) is 0 Å². The first-order valence-corrected chi connectivity index (χ1v) is 6.72. The number of nitrogens with zero attached hydrogens (tertiary/aromatic N) is 1. The van der Waals surface area contributed by atoms with Gasteiger partial charge in [-0.05, 0) is 30.4 Å². The second kappa shape index (κ2) is 4.85. The van der Waals surface area contributed by atoms with E-state index in [0.717, 1.165) is 29.7 Å². The molecule has 1 heterocycles. The van der Waals surface area contributed by atoms with Gasteiger partial charge in [-0.1, -0.05) is 20.8 Å². The van der Waals surface area contributed by atoms with Crippen molar-refractivity contribution in [2.45, 2.75) is 44.9 Å². The van der Waals surface area contributed by atoms with E-state index in [1.54, 1.807) is 0 Å². The van der Waals surface area contributed by atoms with Gasteiger partial charge >= 0.3 is 0 Å². The summed E-state index contributed by atoms with van der Waals surface area (Å²) in [5.74, 6) is 1.97. The summed E-state index contributed by atoms with van der Waals surface area (Å²) in [7, 11) is 0. The number of aromatic nitrogens is 1. The SMILES string of the molecule is CC(C)(C)c1cc(CCl)cc(OCC2CC2)n1. The fourth-order valence-corrected chi connectivity index (χ4v) is 1.74. The monoisotopic (exact) mass is 253 g/mol. The molecule has 2 rings (SSSR count). The average molecular weight is 254 g/mol. The first kappa shape index (κ1) is 12.7. The minimum atomic E-state index is 0.0275. The summed E-state index contributed by atoms with van der Waals surface area (Å²) in [6.07, 6.45) is 2.59. The highest BCUT2D eigenvalue weighted by Gasteiger charge is 2.23. The highest BCUT2D eigenvalue weighted by atomic mass is 35.5. The highest BCUT2D eigenvalue weighted by Crippen LogP contribution is 2.30. The molecule has 0 aliphatic heterocycles. The molecular weight excluding hydrogens is 234 g/mol. The van der Waals surface area contributed by atoms with Crippen LogP contribution < -0.4 is 4.74 Å². The maximum atomic E-state index is 5.91. The van der Waals surface area contributed by atoms with Crippen molar-refractivity contribution >= 4 is 11.6 Å². The fraction of sp³-hybridized carbons (Fsp3) is 0.643. The van der Waals surface area contributed by atoms with E-state index in [9.17, 15) is 0 Å². The van der Waals surface area contributed by atoms with Crippen LogP contribution >= 0.6 is 11.6 Å². The van der Waals surface area contributed by atoms with Gasteiger partial charge in [0.05, 0.1) is 12.3 Å². The van der Waals surface area contributed by atoms with Gasteiger partial charge in [0.2, 0.25) is 5.88 Å². The molecule has 1 aliphatic carbocycles. The Morgan fingerprint density at radius 2 is 2.06 bits per heavy atom. The summed E-state index contributed by atoms with van der Waals surface area (Å²) in [5, 5.41) is 0. The Morgan fingerprint density at radius 3 is 2.59 bits per heavy atom. The Hall–Kier alpha value is -0.760. The van der Waals surface area contributed by atoms with E-state index in [1.165, 1.54) is 12.8 Å². The molecule has 0 atom stereocenters. The maximum absolute atomic E-state index is 5.91. The Balaban J connectivity index is 2.18. The van der Waals surface area contributed by atoms with Crippen molar-refractivity contribution in [1.29, 1.82) is 0 Å². The summed E-state index contributed by atoms with van der Waals surface area (Å²) in [6, 6.07) is 4.02. The molecule has 1 aliphatic rings. The van der Waals surface area contributed by atoms with E-state index < -0.39 is 0 Å². The molecule has 1 saturated carbocycles. The van der Waals surface area contributed by atoms with E-state index in [-0.39, 0.29) is 5.41 Å². The Kier molecular flexibility index (Phi) is 3.62. The third-order valence-electron chi connectivity index (χ3n) is 2.95. The lowest BCUT2D eigenvalue weighted by Gasteiger charge is -2.19. The van der Waals surface area contributed by atoms with Crippen molar-refractivity contribution in [3.8, 4) is 5.88 Å². The molecule has 1 fully saturated rings. The first-order chi connectivity index (χ1) is 7.99. The van der Waals surface area contributed by atoms with Crippen LogP contribution in [0.5, 0.6) is 5.88 Å². The van der Waals surface area contributed by atoms with E-state index in [2.05, 4.69) is 31.8 Å². The van der Waals surface area contributed by atoms with Gasteiger partial charge in [-0.3, -0.25) is 0 Å². The van der Waals surface area contributed by atoms with Crippen LogP contribution in [0.4, 0.5) is 0 Å². The second-order valence-electron chi connectivity index (χ2n) is 5.84. The van der Waals surface area contributed by atoms with Gasteiger partial charge in [0.25, 0.3) is 0 Å². The summed E-state index contributed by atoms with van der Waals surface area (Å²) in [6.45, 7) is 7.25. The third-order valence-corrected chi connectivity index (χ3v) is 3.26. The van der Waals surface area contributed by atoms with Gasteiger partial charge in [-0.25, -0.2) is 4.98 Å². The van der Waals surface area contributed by atoms with Crippen LogP contribution in [0.1, 0.15) is 44.9 Å². The minimum Gasteiger partial charge on any atom is -0.477 e. The number of hydrogen-bond acceptors (Lipinski definition) is 2. The molecule has 0 spiro atoms. The molecule has 0 aromatic carbocycles. The van der Waals surface area contributed by atoms with Gasteiger partial charge < -0.3 is 4.74 Å². The van der Waals surface area contributed by atoms with Crippen molar-refractivity contribution in [3.05, 3.63) is 23.4 Å². The predicted octanol–water partition coefficient (Wildman–Crippen LogP) is 3.91. The average Bonchev–Trinajstić information content (AvgIpc) is 3.08. The van der Waals surface area contributed by atoms with E-state index >= 15 is 0 Å². The zero-order valence-corrected chi connectivity index (χ0v) is 11.5. The van der Waals surface area contributed by atoms with Crippen molar-refractivity contribution in [2.24, 2.45) is 5.92 Å². The largest absolute Gasteiger partial charge is 0.477 e. The first-order valence-electron chi connectivity index (χ1n) is 6.19. The van der Waals surface area contributed by atoms with Gasteiger partial charge in [-0.2, -0.15) is 0 Å². The molecular formula is C14H20ClNO. The third kappa shape index (κ3) is 3.60. The van der Waals surface area contributed by atoms with Gasteiger partial charge in [0.15, 0.2) is 0 Å². The molecule has 0 amide bonds. The zero-order valence-electron chi connectivity index (χ0n) is 10.8. The maximum Gasteiger partial charge on any atom is 0.213 e. The van der Waals surface area contributed by atoms with Crippen LogP contribution in [0.15, 0.2) is 12.1 Å². The quantitative estimate of drug-likeness (QED) is 0.759. The second-order valence-corrected chi connectivity index (χ2v) is 6.10. The molecule has 0 unspecified atom stereocenters. The van der Waals surface area contributed by atoms with Crippen molar-refractivity contribution < 1.29 is 4.74 Å². The zero-order chi connectivity index (χ0) is 12.5. The molecule has 1 aromatic heterocycles. The highest BCUT2D eigenvalue weighted by molar-refractivity contribution is 6.17. The van der Waals surface area contributed by atoms with Crippen molar-refractivity contribution in [1.82, 2.24) is 4.98 Å². The number of ether oxygens (including phenoxy) is 1. The van der Waals surface area contributed by atoms with Crippen molar-refractivity contribution in [3.63, 3.8) is 0 Å². The van der Waals surface area contributed by atoms with Gasteiger partial charge in [-0.15, -0.1) is 11.6 Å². The molecule has 0 radical (unpaired) electrons. The van der Waals surface area contributed by atoms with E-state index in [1.807, 2.05) is 6.07 Å². The number of hydrogen-bond donors (Lipinski definition) is 0. The van der Waals surface area contributed by atoms with Gasteiger partial charge in [0, 0.05) is 17.4 Å². The molecule has 3 heteroatoms. The minimum absolute atomic E-state index is 0.0275. The molecule has 0 N–H and O–H groups in total. The van der Waals surface area contributed by atoms with Crippen LogP contribution in [-0.4, -0.2) is 11.6 Å². The van der Waals surface area contributed by atoms with Crippen LogP contribution in [0, 0.1) is 5.92 Å². The standard InChI is InChI=1S/C14H20ClNO/c1-14(2,3)12-6-11(8-15)7-13(16-12)17-9-10-4-5-10/h6-7,10H,4-5,8-9H2,1-3H3. The summed E-state index contributed by atoms with van der Waals surface area (Å²) in [5.41, 5.74) is 2.15. The lowest BCUT2D eigenvalue weighted by atomic mass is 9.91. The summed E-state index contributed by atoms with van der Waals surface area (Å²) < 4.78 is 5.74. The van der Waals surface area contributed by atoms with E-state index in [0.29, 0.717) is 5.88 Å². The number of alkyl halides is 1. The van der Waals surface area contributed by atoms with E-state index in [4.69, 9.17) is 16.3 Å².